The van der Waals surface area contributed by atoms with Crippen LogP contribution in [0.25, 0.3) is 11.4 Å². The number of carbonyl (C=O) groups is 1. The molecule has 1 aromatic carbocycles. The van der Waals surface area contributed by atoms with Gasteiger partial charge >= 0.3 is 5.97 Å². The summed E-state index contributed by atoms with van der Waals surface area (Å²) >= 11 is 0. The number of aryl methyl sites for hydroxylation is 1. The number of hydrogen-bond acceptors (Lipinski definition) is 5. The first-order valence-corrected chi connectivity index (χ1v) is 5.00. The number of aliphatic carboxylic acids is 1. The summed E-state index contributed by atoms with van der Waals surface area (Å²) < 4.78 is 0. The molecule has 0 aliphatic carbocycles. The highest BCUT2D eigenvalue weighted by Crippen LogP contribution is 2.15. The maximum atomic E-state index is 10.4. The topological polar surface area (TPSA) is 107 Å². The Bertz CT molecular complexity index is 520. The van der Waals surface area contributed by atoms with Crippen LogP contribution in [0.1, 0.15) is 6.42 Å². The molecule has 0 saturated heterocycles. The van der Waals surface area contributed by atoms with Crippen molar-refractivity contribution in [2.45, 2.75) is 13.0 Å². The zero-order valence-electron chi connectivity index (χ0n) is 8.95. The summed E-state index contributed by atoms with van der Waals surface area (Å²) in [6.45, 7) is 0.206. The van der Waals surface area contributed by atoms with Crippen LogP contribution >= 0.6 is 0 Å². The van der Waals surface area contributed by atoms with Crippen molar-refractivity contribution in [2.75, 3.05) is 5.73 Å². The number of nitrogen functional groups attached to an aromatic ring is 1. The molecule has 0 atom stereocenters. The molecule has 2 rings (SSSR count). The zero-order valence-corrected chi connectivity index (χ0v) is 8.95. The van der Waals surface area contributed by atoms with Crippen molar-refractivity contribution in [3.63, 3.8) is 0 Å². The van der Waals surface area contributed by atoms with Crippen molar-refractivity contribution in [1.29, 1.82) is 0 Å². The molecule has 1 aromatic heterocycles. The summed E-state index contributed by atoms with van der Waals surface area (Å²) in [5.41, 5.74) is 7.02. The van der Waals surface area contributed by atoms with Gasteiger partial charge in [0, 0.05) is 11.3 Å². The van der Waals surface area contributed by atoms with E-state index < -0.39 is 5.97 Å². The van der Waals surface area contributed by atoms with E-state index in [2.05, 4.69) is 15.4 Å². The average Bonchev–Trinajstić information content (AvgIpc) is 2.76. The van der Waals surface area contributed by atoms with Gasteiger partial charge in [0.2, 0.25) is 5.82 Å². The van der Waals surface area contributed by atoms with Gasteiger partial charge in [0.05, 0.1) is 13.0 Å². The van der Waals surface area contributed by atoms with Crippen LogP contribution in [-0.2, 0) is 11.3 Å². The molecule has 0 amide bonds. The van der Waals surface area contributed by atoms with Gasteiger partial charge in [0.1, 0.15) is 0 Å². The number of benzene rings is 1. The lowest BCUT2D eigenvalue weighted by molar-refractivity contribution is -0.137. The summed E-state index contributed by atoms with van der Waals surface area (Å²) in [5, 5.41) is 20.2. The second kappa shape index (κ2) is 4.60. The Balaban J connectivity index is 2.12. The molecule has 0 saturated carbocycles. The number of nitrogens with zero attached hydrogens (tertiary/aromatic N) is 4. The Labute approximate surface area is 96.9 Å². The fourth-order valence-electron chi connectivity index (χ4n) is 1.28. The maximum Gasteiger partial charge on any atom is 0.305 e. The molecule has 1 heterocycles. The lowest BCUT2D eigenvalue weighted by atomic mass is 10.2. The number of hydrogen-bond donors (Lipinski definition) is 2. The van der Waals surface area contributed by atoms with Crippen LogP contribution in [0.3, 0.4) is 0 Å². The molecule has 3 N–H and O–H groups in total. The third-order valence-corrected chi connectivity index (χ3v) is 2.15. The van der Waals surface area contributed by atoms with Crippen LogP contribution in [-0.4, -0.2) is 31.3 Å². The van der Waals surface area contributed by atoms with Crippen molar-refractivity contribution < 1.29 is 9.90 Å². The van der Waals surface area contributed by atoms with Gasteiger partial charge in [0.15, 0.2) is 0 Å². The summed E-state index contributed by atoms with van der Waals surface area (Å²) in [6, 6.07) is 7.06. The van der Waals surface area contributed by atoms with Gasteiger partial charge in [-0.15, -0.1) is 10.2 Å². The fraction of sp³-hybridized carbons (Fsp3) is 0.200. The van der Waals surface area contributed by atoms with E-state index in [1.54, 1.807) is 24.3 Å². The van der Waals surface area contributed by atoms with Gasteiger partial charge in [-0.1, -0.05) is 0 Å². The lowest BCUT2D eigenvalue weighted by Gasteiger charge is -1.95. The van der Waals surface area contributed by atoms with Crippen molar-refractivity contribution in [1.82, 2.24) is 20.2 Å². The maximum absolute atomic E-state index is 10.4. The second-order valence-electron chi connectivity index (χ2n) is 3.47. The molecule has 0 aliphatic rings. The third-order valence-electron chi connectivity index (χ3n) is 2.15. The van der Waals surface area contributed by atoms with E-state index in [0.717, 1.165) is 5.56 Å². The van der Waals surface area contributed by atoms with Gasteiger partial charge in [-0.05, 0) is 29.5 Å². The van der Waals surface area contributed by atoms with Crippen LogP contribution in [0.4, 0.5) is 5.69 Å². The van der Waals surface area contributed by atoms with Crippen LogP contribution < -0.4 is 5.73 Å². The molecule has 2 aromatic rings. The normalized spacial score (nSPS) is 10.4. The van der Waals surface area contributed by atoms with Crippen molar-refractivity contribution in [3.8, 4) is 11.4 Å². The molecule has 0 bridgehead atoms. The Morgan fingerprint density at radius 2 is 2.06 bits per heavy atom. The van der Waals surface area contributed by atoms with E-state index in [1.807, 2.05) is 0 Å². The molecule has 0 aliphatic heterocycles. The minimum Gasteiger partial charge on any atom is -0.481 e. The Kier molecular flexibility index (Phi) is 2.99. The Hall–Kier alpha value is -2.44. The molecule has 7 heteroatoms. The summed E-state index contributed by atoms with van der Waals surface area (Å²) in [4.78, 5) is 11.6. The molecule has 0 fully saturated rings. The predicted octanol–water partition coefficient (Wildman–Crippen LogP) is 0.397. The first-order chi connectivity index (χ1) is 8.15. The van der Waals surface area contributed by atoms with Gasteiger partial charge in [0.25, 0.3) is 0 Å². The molecule has 7 nitrogen and oxygen atoms in total. The first kappa shape index (κ1) is 11.1. The molecule has 17 heavy (non-hydrogen) atoms. The Morgan fingerprint density at radius 1 is 1.35 bits per heavy atom. The van der Waals surface area contributed by atoms with E-state index >= 15 is 0 Å². The van der Waals surface area contributed by atoms with E-state index in [0.29, 0.717) is 11.5 Å². The number of rotatable bonds is 4. The zero-order chi connectivity index (χ0) is 12.3. The van der Waals surface area contributed by atoms with Crippen molar-refractivity contribution >= 4 is 11.7 Å². The molecule has 0 spiro atoms. The number of tetrazole rings is 1. The third kappa shape index (κ3) is 2.77. The highest BCUT2D eigenvalue weighted by molar-refractivity contribution is 5.66. The predicted molar refractivity (Wildman–Crippen MR) is 59.9 cm³/mol. The van der Waals surface area contributed by atoms with Crippen molar-refractivity contribution in [2.24, 2.45) is 0 Å². The number of carboxylic acid groups (broad SMARTS) is 1. The standard InChI is InChI=1S/C10H11N5O2/c11-8-3-1-7(2-4-8)10-12-14-15(13-10)6-5-9(16)17/h1-4H,5-6,11H2,(H,16,17). The number of aromatic nitrogens is 4. The molecule has 88 valence electrons. The molecular weight excluding hydrogens is 222 g/mol. The lowest BCUT2D eigenvalue weighted by Crippen LogP contribution is -2.07. The highest BCUT2D eigenvalue weighted by Gasteiger charge is 2.06. The van der Waals surface area contributed by atoms with Crippen LogP contribution in [0.5, 0.6) is 0 Å². The van der Waals surface area contributed by atoms with Gasteiger partial charge in [-0.2, -0.15) is 4.80 Å². The van der Waals surface area contributed by atoms with E-state index in [1.165, 1.54) is 4.80 Å². The van der Waals surface area contributed by atoms with Gasteiger partial charge in [-0.3, -0.25) is 4.79 Å². The Morgan fingerprint density at radius 3 is 2.71 bits per heavy atom. The highest BCUT2D eigenvalue weighted by atomic mass is 16.4. The average molecular weight is 233 g/mol. The van der Waals surface area contributed by atoms with Crippen molar-refractivity contribution in [3.05, 3.63) is 24.3 Å². The van der Waals surface area contributed by atoms with E-state index in [-0.39, 0.29) is 13.0 Å². The van der Waals surface area contributed by atoms with Gasteiger partial charge in [-0.25, -0.2) is 0 Å². The van der Waals surface area contributed by atoms with E-state index in [9.17, 15) is 4.79 Å². The SMILES string of the molecule is Nc1ccc(-c2nnn(CCC(=O)O)n2)cc1. The van der Waals surface area contributed by atoms with Crippen LogP contribution in [0.2, 0.25) is 0 Å². The van der Waals surface area contributed by atoms with Gasteiger partial charge < -0.3 is 10.8 Å². The summed E-state index contributed by atoms with van der Waals surface area (Å²) in [6.07, 6.45) is -0.0302. The van der Waals surface area contributed by atoms with Crippen LogP contribution in [0, 0.1) is 0 Å². The quantitative estimate of drug-likeness (QED) is 0.740. The number of carboxylic acids is 1. The smallest absolute Gasteiger partial charge is 0.305 e. The molecular formula is C10H11N5O2. The summed E-state index contributed by atoms with van der Waals surface area (Å²) in [5.74, 6) is -0.438. The molecule has 0 unspecified atom stereocenters. The summed E-state index contributed by atoms with van der Waals surface area (Å²) in [7, 11) is 0. The van der Waals surface area contributed by atoms with E-state index in [4.69, 9.17) is 10.8 Å². The second-order valence-corrected chi connectivity index (χ2v) is 3.47. The monoisotopic (exact) mass is 233 g/mol. The number of anilines is 1. The fourth-order valence-corrected chi connectivity index (χ4v) is 1.28. The largest absolute Gasteiger partial charge is 0.481 e. The van der Waals surface area contributed by atoms with Crippen LogP contribution in [0.15, 0.2) is 24.3 Å². The minimum atomic E-state index is -0.892. The minimum absolute atomic E-state index is 0.0302. The first-order valence-electron chi connectivity index (χ1n) is 5.00. The molecule has 0 radical (unpaired) electrons. The number of nitrogens with two attached hydrogens (primary N) is 1.